The molecule has 0 aliphatic heterocycles. The Bertz CT molecular complexity index is 1650. The van der Waals surface area contributed by atoms with Gasteiger partial charge >= 0.3 is 5.69 Å². The third-order valence-corrected chi connectivity index (χ3v) is 6.09. The molecular formula is C30H18BrNO4. The number of nitro benzene ring substituents is 1. The van der Waals surface area contributed by atoms with Crippen LogP contribution in [-0.4, -0.2) is 4.92 Å². The molecule has 5 aromatic rings. The minimum absolute atomic E-state index is 0.114. The van der Waals surface area contributed by atoms with Gasteiger partial charge in [0.1, 0.15) is 17.2 Å². The zero-order valence-electron chi connectivity index (χ0n) is 18.9. The summed E-state index contributed by atoms with van der Waals surface area (Å²) in [7, 11) is 0. The van der Waals surface area contributed by atoms with Crippen LogP contribution >= 0.6 is 15.9 Å². The lowest BCUT2D eigenvalue weighted by Crippen LogP contribution is -1.95. The maximum Gasteiger partial charge on any atom is 0.311 e. The number of nitro groups is 1. The van der Waals surface area contributed by atoms with Crippen LogP contribution in [0.4, 0.5) is 5.69 Å². The van der Waals surface area contributed by atoms with E-state index in [0.29, 0.717) is 28.4 Å². The molecule has 5 rings (SSSR count). The summed E-state index contributed by atoms with van der Waals surface area (Å²) in [5, 5.41) is 13.4. The summed E-state index contributed by atoms with van der Waals surface area (Å²) in [5.74, 6) is 8.34. The van der Waals surface area contributed by atoms with Crippen molar-refractivity contribution in [3.8, 4) is 34.8 Å². The Balaban J connectivity index is 1.60. The summed E-state index contributed by atoms with van der Waals surface area (Å²) >= 11 is 3.51. The fourth-order valence-corrected chi connectivity index (χ4v) is 4.08. The van der Waals surface area contributed by atoms with E-state index in [1.807, 2.05) is 78.9 Å². The zero-order valence-corrected chi connectivity index (χ0v) is 20.4. The van der Waals surface area contributed by atoms with Gasteiger partial charge in [0.05, 0.1) is 20.5 Å². The van der Waals surface area contributed by atoms with Gasteiger partial charge in [0, 0.05) is 11.5 Å². The molecule has 0 aromatic heterocycles. The van der Waals surface area contributed by atoms with Crippen LogP contribution in [-0.2, 0) is 0 Å². The summed E-state index contributed by atoms with van der Waals surface area (Å²) < 4.78 is 13.0. The average Bonchev–Trinajstić information content (AvgIpc) is 2.90. The van der Waals surface area contributed by atoms with Gasteiger partial charge in [-0.2, -0.15) is 0 Å². The van der Waals surface area contributed by atoms with Gasteiger partial charge in [-0.3, -0.25) is 10.1 Å². The number of hydrogen-bond acceptors (Lipinski definition) is 4. The molecule has 0 atom stereocenters. The van der Waals surface area contributed by atoms with Gasteiger partial charge in [-0.25, -0.2) is 0 Å². The first-order valence-electron chi connectivity index (χ1n) is 11.1. The molecule has 0 unspecified atom stereocenters. The molecule has 174 valence electrons. The van der Waals surface area contributed by atoms with Crippen molar-refractivity contribution in [1.29, 1.82) is 0 Å². The first-order chi connectivity index (χ1) is 17.6. The van der Waals surface area contributed by atoms with E-state index in [0.717, 1.165) is 15.2 Å². The first-order valence-corrected chi connectivity index (χ1v) is 11.9. The Kier molecular flexibility index (Phi) is 6.65. The standard InChI is InChI=1S/C30H18BrNO4/c31-25-12-4-7-15-29(25)35-27-14-6-2-10-22(27)17-19-24-23-11-3-1-9-21(23)18-20-28(24)36-30-16-8-5-13-26(30)32(33)34/h1-16,18,20H. The van der Waals surface area contributed by atoms with Crippen LogP contribution in [0, 0.1) is 22.0 Å². The topological polar surface area (TPSA) is 61.6 Å². The van der Waals surface area contributed by atoms with Crippen LogP contribution in [0.5, 0.6) is 23.0 Å². The molecule has 0 saturated carbocycles. The van der Waals surface area contributed by atoms with E-state index in [-0.39, 0.29) is 11.4 Å². The lowest BCUT2D eigenvalue weighted by atomic mass is 10.0. The molecule has 0 saturated heterocycles. The summed E-state index contributed by atoms with van der Waals surface area (Å²) in [6.07, 6.45) is 0. The number of halogens is 1. The highest BCUT2D eigenvalue weighted by molar-refractivity contribution is 9.10. The van der Waals surface area contributed by atoms with Crippen molar-refractivity contribution < 1.29 is 14.4 Å². The fourth-order valence-electron chi connectivity index (χ4n) is 3.71. The Morgan fingerprint density at radius 2 is 1.28 bits per heavy atom. The Morgan fingerprint density at radius 3 is 2.08 bits per heavy atom. The van der Waals surface area contributed by atoms with Crippen molar-refractivity contribution in [2.75, 3.05) is 0 Å². The number of para-hydroxylation sites is 4. The van der Waals surface area contributed by atoms with E-state index in [1.165, 1.54) is 6.07 Å². The predicted molar refractivity (Wildman–Crippen MR) is 144 cm³/mol. The molecule has 0 fully saturated rings. The molecule has 5 aromatic carbocycles. The van der Waals surface area contributed by atoms with Gasteiger partial charge in [-0.1, -0.05) is 78.6 Å². The third kappa shape index (κ3) is 4.92. The highest BCUT2D eigenvalue weighted by atomic mass is 79.9. The van der Waals surface area contributed by atoms with Crippen LogP contribution in [0.15, 0.2) is 114 Å². The molecule has 0 spiro atoms. The molecule has 0 heterocycles. The summed E-state index contributed by atoms with van der Waals surface area (Å²) in [4.78, 5) is 11.1. The second-order valence-corrected chi connectivity index (χ2v) is 8.62. The van der Waals surface area contributed by atoms with Crippen LogP contribution in [0.2, 0.25) is 0 Å². The highest BCUT2D eigenvalue weighted by Crippen LogP contribution is 2.36. The van der Waals surface area contributed by atoms with Crippen molar-refractivity contribution in [1.82, 2.24) is 0 Å². The predicted octanol–water partition coefficient (Wildman–Crippen LogP) is 8.49. The lowest BCUT2D eigenvalue weighted by Gasteiger charge is -2.11. The minimum Gasteiger partial charge on any atom is -0.455 e. The zero-order chi connectivity index (χ0) is 24.9. The van der Waals surface area contributed by atoms with E-state index in [9.17, 15) is 10.1 Å². The second kappa shape index (κ2) is 10.3. The minimum atomic E-state index is -0.461. The van der Waals surface area contributed by atoms with Gasteiger partial charge in [-0.15, -0.1) is 0 Å². The Morgan fingerprint density at radius 1 is 0.639 bits per heavy atom. The lowest BCUT2D eigenvalue weighted by molar-refractivity contribution is -0.385. The van der Waals surface area contributed by atoms with Crippen molar-refractivity contribution in [2.45, 2.75) is 0 Å². The molecule has 0 aliphatic carbocycles. The van der Waals surface area contributed by atoms with Gasteiger partial charge in [-0.05, 0) is 57.7 Å². The first kappa shape index (κ1) is 23.2. The molecular weight excluding hydrogens is 518 g/mol. The molecule has 0 radical (unpaired) electrons. The second-order valence-electron chi connectivity index (χ2n) is 7.77. The monoisotopic (exact) mass is 535 g/mol. The van der Waals surface area contributed by atoms with Gasteiger partial charge in [0.15, 0.2) is 0 Å². The number of benzene rings is 5. The molecule has 36 heavy (non-hydrogen) atoms. The van der Waals surface area contributed by atoms with Crippen LogP contribution in [0.1, 0.15) is 11.1 Å². The number of hydrogen-bond donors (Lipinski definition) is 0. The van der Waals surface area contributed by atoms with Gasteiger partial charge in [0.2, 0.25) is 5.75 Å². The van der Waals surface area contributed by atoms with E-state index in [2.05, 4.69) is 27.8 Å². The summed E-state index contributed by atoms with van der Waals surface area (Å²) in [6, 6.07) is 32.9. The molecule has 0 bridgehead atoms. The number of ether oxygens (including phenoxy) is 2. The quantitative estimate of drug-likeness (QED) is 0.128. The van der Waals surface area contributed by atoms with Crippen molar-refractivity contribution in [3.63, 3.8) is 0 Å². The number of rotatable bonds is 5. The van der Waals surface area contributed by atoms with Gasteiger partial charge in [0.25, 0.3) is 0 Å². The number of fused-ring (bicyclic) bond motifs is 1. The molecule has 5 nitrogen and oxygen atoms in total. The number of nitrogens with zero attached hydrogens (tertiary/aromatic N) is 1. The van der Waals surface area contributed by atoms with Crippen LogP contribution in [0.25, 0.3) is 10.8 Å². The molecule has 6 heteroatoms. The summed E-state index contributed by atoms with van der Waals surface area (Å²) in [5.41, 5.74) is 1.21. The Hall–Kier alpha value is -4.60. The third-order valence-electron chi connectivity index (χ3n) is 5.44. The van der Waals surface area contributed by atoms with Crippen molar-refractivity contribution in [2.24, 2.45) is 0 Å². The van der Waals surface area contributed by atoms with E-state index in [1.54, 1.807) is 24.3 Å². The van der Waals surface area contributed by atoms with Gasteiger partial charge < -0.3 is 9.47 Å². The molecule has 0 N–H and O–H groups in total. The molecule has 0 amide bonds. The maximum atomic E-state index is 11.5. The highest BCUT2D eigenvalue weighted by Gasteiger charge is 2.17. The van der Waals surface area contributed by atoms with Crippen molar-refractivity contribution >= 4 is 32.4 Å². The molecule has 0 aliphatic rings. The normalized spacial score (nSPS) is 10.4. The van der Waals surface area contributed by atoms with E-state index >= 15 is 0 Å². The van der Waals surface area contributed by atoms with Crippen molar-refractivity contribution in [3.05, 3.63) is 135 Å². The largest absolute Gasteiger partial charge is 0.455 e. The van der Waals surface area contributed by atoms with E-state index < -0.39 is 4.92 Å². The van der Waals surface area contributed by atoms with E-state index in [4.69, 9.17) is 9.47 Å². The van der Waals surface area contributed by atoms with Crippen LogP contribution < -0.4 is 9.47 Å². The maximum absolute atomic E-state index is 11.5. The fraction of sp³-hybridized carbons (Fsp3) is 0. The van der Waals surface area contributed by atoms with Crippen LogP contribution in [0.3, 0.4) is 0 Å². The SMILES string of the molecule is O=[N+]([O-])c1ccccc1Oc1ccc2ccccc2c1C#Cc1ccccc1Oc1ccccc1Br. The average molecular weight is 536 g/mol. The Labute approximate surface area is 216 Å². The summed E-state index contributed by atoms with van der Waals surface area (Å²) in [6.45, 7) is 0. The smallest absolute Gasteiger partial charge is 0.311 e.